The van der Waals surface area contributed by atoms with E-state index in [2.05, 4.69) is 85.4 Å². The molecule has 0 aliphatic carbocycles. The van der Waals surface area contributed by atoms with E-state index in [0.29, 0.717) is 0 Å². The van der Waals surface area contributed by atoms with Crippen molar-refractivity contribution in [2.75, 3.05) is 0 Å². The van der Waals surface area contributed by atoms with Crippen LogP contribution in [0, 0.1) is 20.8 Å². The summed E-state index contributed by atoms with van der Waals surface area (Å²) >= 11 is 1.79. The van der Waals surface area contributed by atoms with Crippen molar-refractivity contribution in [2.45, 2.75) is 53.4 Å². The lowest BCUT2D eigenvalue weighted by molar-refractivity contribution is 1.33. The molecule has 4 rings (SSSR count). The molecule has 0 saturated carbocycles. The van der Waals surface area contributed by atoms with Crippen LogP contribution in [0.25, 0.3) is 21.8 Å². The Labute approximate surface area is 168 Å². The van der Waals surface area contributed by atoms with E-state index in [0.717, 1.165) is 0 Å². The fourth-order valence-electron chi connectivity index (χ4n) is 3.02. The standard InChI is InChI=1S/C21H19NS.2C2H6/c1-14-4-8-17(9-5-14)23-22-20-10-6-15(2)12-18(20)19-13-16(3)7-11-21(19)22;2*1-2/h4-13H,1-3H3;2*1-2H3. The largest absolute Gasteiger partial charge is 0.279 e. The number of aromatic nitrogens is 1. The Hall–Kier alpha value is -2.19. The van der Waals surface area contributed by atoms with Gasteiger partial charge in [-0.25, -0.2) is 0 Å². The Kier molecular flexibility index (Phi) is 7.55. The number of hydrogen-bond acceptors (Lipinski definition) is 1. The molecule has 0 unspecified atom stereocenters. The van der Waals surface area contributed by atoms with Gasteiger partial charge in [-0.3, -0.25) is 3.97 Å². The number of aryl methyl sites for hydroxylation is 3. The van der Waals surface area contributed by atoms with E-state index < -0.39 is 0 Å². The lowest BCUT2D eigenvalue weighted by Crippen LogP contribution is -1.87. The van der Waals surface area contributed by atoms with Crippen LogP contribution in [0.3, 0.4) is 0 Å². The van der Waals surface area contributed by atoms with Crippen LogP contribution in [-0.4, -0.2) is 3.97 Å². The van der Waals surface area contributed by atoms with Crippen LogP contribution in [0.1, 0.15) is 44.4 Å². The average Bonchev–Trinajstić information content (AvgIpc) is 2.99. The highest BCUT2D eigenvalue weighted by Gasteiger charge is 2.12. The lowest BCUT2D eigenvalue weighted by Gasteiger charge is -2.07. The summed E-state index contributed by atoms with van der Waals surface area (Å²) in [7, 11) is 0. The second-order valence-corrected chi connectivity index (χ2v) is 7.26. The topological polar surface area (TPSA) is 4.93 Å². The zero-order valence-electron chi connectivity index (χ0n) is 17.6. The molecule has 0 atom stereocenters. The molecule has 142 valence electrons. The van der Waals surface area contributed by atoms with Crippen LogP contribution < -0.4 is 0 Å². The van der Waals surface area contributed by atoms with E-state index in [4.69, 9.17) is 0 Å². The average molecular weight is 378 g/mol. The van der Waals surface area contributed by atoms with Crippen molar-refractivity contribution in [1.82, 2.24) is 3.97 Å². The minimum Gasteiger partial charge on any atom is -0.279 e. The third-order valence-electron chi connectivity index (χ3n) is 4.25. The van der Waals surface area contributed by atoms with E-state index in [9.17, 15) is 0 Å². The Balaban J connectivity index is 0.000000614. The molecule has 4 aromatic rings. The molecule has 0 bridgehead atoms. The van der Waals surface area contributed by atoms with Gasteiger partial charge >= 0.3 is 0 Å². The van der Waals surface area contributed by atoms with Crippen molar-refractivity contribution in [2.24, 2.45) is 0 Å². The van der Waals surface area contributed by atoms with Crippen molar-refractivity contribution in [3.05, 3.63) is 77.4 Å². The van der Waals surface area contributed by atoms with Crippen molar-refractivity contribution < 1.29 is 0 Å². The van der Waals surface area contributed by atoms with Gasteiger partial charge in [-0.2, -0.15) is 0 Å². The van der Waals surface area contributed by atoms with E-state index >= 15 is 0 Å². The van der Waals surface area contributed by atoms with E-state index in [1.165, 1.54) is 43.4 Å². The molecular formula is C25H31NS. The molecule has 0 radical (unpaired) electrons. The Morgan fingerprint density at radius 3 is 1.41 bits per heavy atom. The molecule has 1 nitrogen and oxygen atoms in total. The summed E-state index contributed by atoms with van der Waals surface area (Å²) in [6.45, 7) is 14.4. The highest BCUT2D eigenvalue weighted by atomic mass is 32.2. The molecule has 27 heavy (non-hydrogen) atoms. The molecule has 0 aliphatic rings. The lowest BCUT2D eigenvalue weighted by atomic mass is 10.1. The molecule has 1 aromatic heterocycles. The fourth-order valence-corrected chi connectivity index (χ4v) is 4.00. The molecule has 3 aromatic carbocycles. The highest BCUT2D eigenvalue weighted by Crippen LogP contribution is 2.36. The first-order valence-corrected chi connectivity index (χ1v) is 10.7. The maximum absolute atomic E-state index is 2.36. The first-order chi connectivity index (χ1) is 13.1. The normalized spacial score (nSPS) is 10.2. The minimum absolute atomic E-state index is 1.26. The minimum atomic E-state index is 1.26. The summed E-state index contributed by atoms with van der Waals surface area (Å²) in [5, 5.41) is 2.67. The molecule has 0 spiro atoms. The molecule has 0 N–H and O–H groups in total. The summed E-state index contributed by atoms with van der Waals surface area (Å²) in [5.74, 6) is 0. The molecule has 0 aliphatic heterocycles. The number of fused-ring (bicyclic) bond motifs is 3. The van der Waals surface area contributed by atoms with Gasteiger partial charge in [-0.05, 0) is 69.1 Å². The zero-order valence-corrected chi connectivity index (χ0v) is 18.4. The van der Waals surface area contributed by atoms with Crippen molar-refractivity contribution >= 4 is 33.8 Å². The first kappa shape index (κ1) is 21.1. The molecule has 0 amide bonds. The van der Waals surface area contributed by atoms with Gasteiger partial charge in [0.1, 0.15) is 0 Å². The van der Waals surface area contributed by atoms with Gasteiger partial charge in [0.2, 0.25) is 0 Å². The SMILES string of the molecule is CC.CC.Cc1ccc(Sn2c3ccc(C)cc3c3cc(C)ccc32)cc1. The molecular weight excluding hydrogens is 346 g/mol. The number of rotatable bonds is 2. The van der Waals surface area contributed by atoms with Crippen LogP contribution in [0.2, 0.25) is 0 Å². The van der Waals surface area contributed by atoms with Crippen LogP contribution >= 0.6 is 11.9 Å². The van der Waals surface area contributed by atoms with Crippen LogP contribution in [0.15, 0.2) is 65.6 Å². The summed E-state index contributed by atoms with van der Waals surface area (Å²) in [6, 6.07) is 22.2. The van der Waals surface area contributed by atoms with Gasteiger partial charge < -0.3 is 0 Å². The predicted molar refractivity (Wildman–Crippen MR) is 124 cm³/mol. The van der Waals surface area contributed by atoms with Crippen LogP contribution in [-0.2, 0) is 0 Å². The second kappa shape index (κ2) is 9.66. The monoisotopic (exact) mass is 377 g/mol. The molecule has 2 heteroatoms. The predicted octanol–water partition coefficient (Wildman–Crippen LogP) is 8.33. The van der Waals surface area contributed by atoms with Crippen LogP contribution in [0.4, 0.5) is 0 Å². The molecule has 0 fully saturated rings. The molecule has 1 heterocycles. The number of nitrogens with zero attached hydrogens (tertiary/aromatic N) is 1. The Morgan fingerprint density at radius 2 is 0.963 bits per heavy atom. The van der Waals surface area contributed by atoms with Gasteiger partial charge in [-0.1, -0.05) is 68.7 Å². The zero-order chi connectivity index (χ0) is 20.0. The van der Waals surface area contributed by atoms with E-state index in [1.807, 2.05) is 27.7 Å². The maximum Gasteiger partial charge on any atom is 0.0608 e. The van der Waals surface area contributed by atoms with E-state index in [1.54, 1.807) is 11.9 Å². The van der Waals surface area contributed by atoms with Gasteiger partial charge in [0.15, 0.2) is 0 Å². The Morgan fingerprint density at radius 1 is 0.556 bits per heavy atom. The Bertz CT molecular complexity index is 951. The molecule has 0 saturated heterocycles. The second-order valence-electron chi connectivity index (χ2n) is 6.24. The van der Waals surface area contributed by atoms with E-state index in [-0.39, 0.29) is 0 Å². The van der Waals surface area contributed by atoms with Gasteiger partial charge in [0.25, 0.3) is 0 Å². The smallest absolute Gasteiger partial charge is 0.0608 e. The van der Waals surface area contributed by atoms with Crippen molar-refractivity contribution in [1.29, 1.82) is 0 Å². The van der Waals surface area contributed by atoms with Gasteiger partial charge in [-0.15, -0.1) is 0 Å². The van der Waals surface area contributed by atoms with Gasteiger partial charge in [0, 0.05) is 15.7 Å². The third kappa shape index (κ3) is 4.56. The fraction of sp³-hybridized carbons (Fsp3) is 0.280. The third-order valence-corrected chi connectivity index (χ3v) is 5.31. The van der Waals surface area contributed by atoms with Crippen molar-refractivity contribution in [3.63, 3.8) is 0 Å². The quantitative estimate of drug-likeness (QED) is 0.340. The summed E-state index contributed by atoms with van der Waals surface area (Å²) in [4.78, 5) is 1.26. The van der Waals surface area contributed by atoms with Gasteiger partial charge in [0.05, 0.1) is 11.0 Å². The van der Waals surface area contributed by atoms with Crippen molar-refractivity contribution in [3.8, 4) is 0 Å². The highest BCUT2D eigenvalue weighted by molar-refractivity contribution is 7.98. The number of hydrogen-bond donors (Lipinski definition) is 0. The summed E-state index contributed by atoms with van der Waals surface area (Å²) < 4.78 is 2.36. The van der Waals surface area contributed by atoms with Crippen LogP contribution in [0.5, 0.6) is 0 Å². The maximum atomic E-state index is 2.36. The summed E-state index contributed by atoms with van der Waals surface area (Å²) in [6.07, 6.45) is 0. The summed E-state index contributed by atoms with van der Waals surface area (Å²) in [5.41, 5.74) is 6.46. The number of benzene rings is 3. The first-order valence-electron chi connectivity index (χ1n) is 9.88.